The molecule has 130 valence electrons. The molecule has 2 heterocycles. The second-order valence-corrected chi connectivity index (χ2v) is 6.77. The quantitative estimate of drug-likeness (QED) is 0.917. The van der Waals surface area contributed by atoms with E-state index < -0.39 is 0 Å². The fourth-order valence-electron chi connectivity index (χ4n) is 4.02. The van der Waals surface area contributed by atoms with E-state index in [0.717, 1.165) is 36.8 Å². The number of aryl methyl sites for hydroxylation is 1. The van der Waals surface area contributed by atoms with Crippen LogP contribution in [-0.2, 0) is 16.0 Å². The van der Waals surface area contributed by atoms with Gasteiger partial charge in [0.2, 0.25) is 5.91 Å². The number of piperidine rings is 1. The number of carbonyl (C=O) groups excluding carboxylic acids is 2. The van der Waals surface area contributed by atoms with Gasteiger partial charge in [-0.25, -0.2) is 0 Å². The molecule has 2 aliphatic rings. The van der Waals surface area contributed by atoms with Gasteiger partial charge in [-0.15, -0.1) is 0 Å². The van der Waals surface area contributed by atoms with Crippen molar-refractivity contribution in [2.45, 2.75) is 38.7 Å². The van der Waals surface area contributed by atoms with E-state index >= 15 is 0 Å². The van der Waals surface area contributed by atoms with Crippen molar-refractivity contribution in [2.75, 3.05) is 19.7 Å². The monoisotopic (exact) mass is 330 g/mol. The molecule has 0 radical (unpaired) electrons. The van der Waals surface area contributed by atoms with E-state index in [1.807, 2.05) is 29.2 Å². The minimum atomic E-state index is -0.257. The topological polar surface area (TPSA) is 72.6 Å². The zero-order valence-electron chi connectivity index (χ0n) is 14.2. The first-order valence-electron chi connectivity index (χ1n) is 8.90. The first-order chi connectivity index (χ1) is 11.6. The predicted octanol–water partition coefficient (Wildman–Crippen LogP) is 1.99. The minimum Gasteiger partial charge on any atom is -0.377 e. The molecule has 2 fully saturated rings. The van der Waals surface area contributed by atoms with Crippen molar-refractivity contribution in [1.82, 2.24) is 4.90 Å². The van der Waals surface area contributed by atoms with Crippen molar-refractivity contribution >= 4 is 11.8 Å². The van der Waals surface area contributed by atoms with Gasteiger partial charge in [-0.2, -0.15) is 0 Å². The van der Waals surface area contributed by atoms with E-state index in [-0.39, 0.29) is 23.8 Å². The molecule has 0 bridgehead atoms. The lowest BCUT2D eigenvalue weighted by Crippen LogP contribution is -2.44. The summed E-state index contributed by atoms with van der Waals surface area (Å²) in [6.45, 7) is 4.11. The lowest BCUT2D eigenvalue weighted by Gasteiger charge is -2.36. The van der Waals surface area contributed by atoms with Gasteiger partial charge in [-0.3, -0.25) is 9.59 Å². The molecule has 1 aromatic carbocycles. The summed E-state index contributed by atoms with van der Waals surface area (Å²) in [6, 6.07) is 7.83. The van der Waals surface area contributed by atoms with Gasteiger partial charge in [0.1, 0.15) is 0 Å². The molecule has 2 N–H and O–H groups in total. The summed E-state index contributed by atoms with van der Waals surface area (Å²) < 4.78 is 5.78. The lowest BCUT2D eigenvalue weighted by molar-refractivity contribution is -0.124. The Bertz CT molecular complexity index is 608. The Balaban J connectivity index is 1.63. The van der Waals surface area contributed by atoms with Crippen LogP contribution in [0.3, 0.4) is 0 Å². The van der Waals surface area contributed by atoms with Crippen molar-refractivity contribution in [1.29, 1.82) is 0 Å². The number of rotatable bonds is 4. The predicted molar refractivity (Wildman–Crippen MR) is 91.5 cm³/mol. The highest BCUT2D eigenvalue weighted by Crippen LogP contribution is 2.33. The lowest BCUT2D eigenvalue weighted by atomic mass is 9.83. The summed E-state index contributed by atoms with van der Waals surface area (Å²) >= 11 is 0. The van der Waals surface area contributed by atoms with Gasteiger partial charge in [0, 0.05) is 25.3 Å². The van der Waals surface area contributed by atoms with E-state index in [1.165, 1.54) is 0 Å². The highest BCUT2D eigenvalue weighted by atomic mass is 16.5. The van der Waals surface area contributed by atoms with Crippen LogP contribution in [0, 0.1) is 11.8 Å². The third kappa shape index (κ3) is 3.31. The number of benzene rings is 1. The number of amides is 2. The van der Waals surface area contributed by atoms with Gasteiger partial charge < -0.3 is 15.4 Å². The Morgan fingerprint density at radius 2 is 1.92 bits per heavy atom. The Kier molecular flexibility index (Phi) is 5.19. The Labute approximate surface area is 143 Å². The van der Waals surface area contributed by atoms with E-state index in [9.17, 15) is 9.59 Å². The number of likely N-dealkylation sites (tertiary alicyclic amines) is 1. The van der Waals surface area contributed by atoms with Crippen molar-refractivity contribution < 1.29 is 14.3 Å². The molecule has 1 aromatic rings. The molecule has 0 aliphatic carbocycles. The number of nitrogens with zero attached hydrogens (tertiary/aromatic N) is 1. The van der Waals surface area contributed by atoms with Crippen LogP contribution in [0.15, 0.2) is 24.3 Å². The molecule has 0 spiro atoms. The van der Waals surface area contributed by atoms with Gasteiger partial charge in [-0.05, 0) is 43.2 Å². The Morgan fingerprint density at radius 3 is 2.58 bits per heavy atom. The number of nitrogens with two attached hydrogens (primary N) is 1. The van der Waals surface area contributed by atoms with E-state index in [1.54, 1.807) is 0 Å². The largest absolute Gasteiger partial charge is 0.377 e. The zero-order valence-corrected chi connectivity index (χ0v) is 14.2. The summed E-state index contributed by atoms with van der Waals surface area (Å²) in [4.78, 5) is 26.3. The van der Waals surface area contributed by atoms with Crippen LogP contribution in [0.1, 0.15) is 42.1 Å². The summed E-state index contributed by atoms with van der Waals surface area (Å²) in [5, 5.41) is 0. The molecule has 2 aliphatic heterocycles. The number of carbonyl (C=O) groups is 2. The van der Waals surface area contributed by atoms with Crippen molar-refractivity contribution in [3.8, 4) is 0 Å². The maximum absolute atomic E-state index is 12.8. The number of hydrogen-bond donors (Lipinski definition) is 1. The maximum atomic E-state index is 12.8. The summed E-state index contributed by atoms with van der Waals surface area (Å²) in [6.07, 6.45) is 3.25. The molecule has 5 heteroatoms. The zero-order chi connectivity index (χ0) is 17.1. The molecule has 2 amide bonds. The second kappa shape index (κ2) is 7.34. The molecule has 3 rings (SSSR count). The van der Waals surface area contributed by atoms with Gasteiger partial charge in [0.15, 0.2) is 0 Å². The van der Waals surface area contributed by atoms with Crippen molar-refractivity contribution in [3.63, 3.8) is 0 Å². The van der Waals surface area contributed by atoms with Crippen LogP contribution >= 0.6 is 0 Å². The summed E-state index contributed by atoms with van der Waals surface area (Å²) in [5.74, 6) is 0.00566. The fourth-order valence-corrected chi connectivity index (χ4v) is 4.02. The first-order valence-corrected chi connectivity index (χ1v) is 8.90. The van der Waals surface area contributed by atoms with Gasteiger partial charge >= 0.3 is 0 Å². The van der Waals surface area contributed by atoms with E-state index in [0.29, 0.717) is 25.6 Å². The number of hydrogen-bond acceptors (Lipinski definition) is 3. The average Bonchev–Trinajstić information content (AvgIpc) is 3.11. The van der Waals surface area contributed by atoms with Crippen LogP contribution in [0.5, 0.6) is 0 Å². The Hall–Kier alpha value is -1.88. The smallest absolute Gasteiger partial charge is 0.254 e. The van der Waals surface area contributed by atoms with Gasteiger partial charge in [-0.1, -0.05) is 25.1 Å². The highest BCUT2D eigenvalue weighted by Gasteiger charge is 2.39. The third-order valence-electron chi connectivity index (χ3n) is 5.42. The highest BCUT2D eigenvalue weighted by molar-refractivity contribution is 5.95. The SMILES string of the molecule is CCc1ccccc1C(=O)N1CCC([C@H]2OCC[C@@H]2C(N)=O)CC1. The summed E-state index contributed by atoms with van der Waals surface area (Å²) in [7, 11) is 0. The van der Waals surface area contributed by atoms with Crippen LogP contribution in [0.2, 0.25) is 0 Å². The molecule has 2 atom stereocenters. The van der Waals surface area contributed by atoms with Gasteiger partial charge in [0.05, 0.1) is 12.0 Å². The number of primary amides is 1. The molecule has 0 aromatic heterocycles. The first kappa shape index (κ1) is 17.0. The van der Waals surface area contributed by atoms with Crippen molar-refractivity contribution in [2.24, 2.45) is 17.6 Å². The van der Waals surface area contributed by atoms with Crippen LogP contribution in [0.25, 0.3) is 0 Å². The molecule has 0 unspecified atom stereocenters. The molecule has 5 nitrogen and oxygen atoms in total. The maximum Gasteiger partial charge on any atom is 0.254 e. The van der Waals surface area contributed by atoms with Crippen molar-refractivity contribution in [3.05, 3.63) is 35.4 Å². The van der Waals surface area contributed by atoms with E-state index in [4.69, 9.17) is 10.5 Å². The Morgan fingerprint density at radius 1 is 1.21 bits per heavy atom. The minimum absolute atomic E-state index is 0.0670. The molecule has 0 saturated carbocycles. The van der Waals surface area contributed by atoms with Crippen LogP contribution < -0.4 is 5.73 Å². The molecule has 2 saturated heterocycles. The normalized spacial score (nSPS) is 25.0. The second-order valence-electron chi connectivity index (χ2n) is 6.77. The third-order valence-corrected chi connectivity index (χ3v) is 5.42. The van der Waals surface area contributed by atoms with E-state index in [2.05, 4.69) is 6.92 Å². The average molecular weight is 330 g/mol. The number of ether oxygens (including phenoxy) is 1. The molecular weight excluding hydrogens is 304 g/mol. The van der Waals surface area contributed by atoms with Gasteiger partial charge in [0.25, 0.3) is 5.91 Å². The standard InChI is InChI=1S/C19H26N2O3/c1-2-13-5-3-4-6-15(13)19(23)21-10-7-14(8-11-21)17-16(18(20)22)9-12-24-17/h3-6,14,16-17H,2,7-12H2,1H3,(H2,20,22)/t16-,17+/m0/s1. The fraction of sp³-hybridized carbons (Fsp3) is 0.579. The molecule has 24 heavy (non-hydrogen) atoms. The van der Waals surface area contributed by atoms with Crippen LogP contribution in [0.4, 0.5) is 0 Å². The summed E-state index contributed by atoms with van der Waals surface area (Å²) in [5.41, 5.74) is 7.40. The van der Waals surface area contributed by atoms with Crippen LogP contribution in [-0.4, -0.2) is 42.5 Å². The molecular formula is C19H26N2O3.